The van der Waals surface area contributed by atoms with Crippen LogP contribution in [0.1, 0.15) is 53.4 Å². The van der Waals surface area contributed by atoms with E-state index in [1.54, 1.807) is 20.8 Å². The van der Waals surface area contributed by atoms with Gasteiger partial charge in [-0.25, -0.2) is 4.79 Å². The van der Waals surface area contributed by atoms with E-state index in [0.29, 0.717) is 6.42 Å². The number of amides is 1. The summed E-state index contributed by atoms with van der Waals surface area (Å²) in [5.74, 6) is 0. The minimum atomic E-state index is -4.08. The first-order chi connectivity index (χ1) is 9.46. The molecule has 1 fully saturated rings. The standard InChI is InChI=1S/C14H25F3N2O2/c1-9(6-5-7-14(15,16)17)18-10-8-11(10)19-12(20)21-13(2,3)4/h9-11,18H,5-8H2,1-4H3,(H,19,20). The molecular weight excluding hydrogens is 285 g/mol. The zero-order valence-electron chi connectivity index (χ0n) is 13.0. The first-order valence-electron chi connectivity index (χ1n) is 7.28. The van der Waals surface area contributed by atoms with Gasteiger partial charge in [-0.2, -0.15) is 13.2 Å². The summed E-state index contributed by atoms with van der Waals surface area (Å²) < 4.78 is 41.3. The lowest BCUT2D eigenvalue weighted by Gasteiger charge is -2.20. The van der Waals surface area contributed by atoms with Crippen LogP contribution < -0.4 is 10.6 Å². The lowest BCUT2D eigenvalue weighted by molar-refractivity contribution is -0.135. The van der Waals surface area contributed by atoms with Crippen molar-refractivity contribution in [3.8, 4) is 0 Å². The fourth-order valence-corrected chi connectivity index (χ4v) is 2.06. The van der Waals surface area contributed by atoms with Crippen LogP contribution in [0.5, 0.6) is 0 Å². The SMILES string of the molecule is CC(CCCC(F)(F)F)NC1CC1NC(=O)OC(C)(C)C. The Hall–Kier alpha value is -0.980. The molecule has 1 aliphatic rings. The number of nitrogens with one attached hydrogen (secondary N) is 2. The molecule has 0 aromatic carbocycles. The predicted molar refractivity (Wildman–Crippen MR) is 74.1 cm³/mol. The van der Waals surface area contributed by atoms with Crippen molar-refractivity contribution < 1.29 is 22.7 Å². The molecule has 0 heterocycles. The number of hydrogen-bond donors (Lipinski definition) is 2. The minimum Gasteiger partial charge on any atom is -0.444 e. The van der Waals surface area contributed by atoms with E-state index in [2.05, 4.69) is 10.6 Å². The number of hydrogen-bond acceptors (Lipinski definition) is 3. The minimum absolute atomic E-state index is 0.00258. The van der Waals surface area contributed by atoms with Crippen LogP contribution in [0.25, 0.3) is 0 Å². The van der Waals surface area contributed by atoms with Crippen molar-refractivity contribution in [3.05, 3.63) is 0 Å². The summed E-state index contributed by atoms with van der Waals surface area (Å²) in [6.07, 6.45) is -3.92. The van der Waals surface area contributed by atoms with Gasteiger partial charge in [0.2, 0.25) is 0 Å². The van der Waals surface area contributed by atoms with E-state index in [1.807, 2.05) is 6.92 Å². The summed E-state index contributed by atoms with van der Waals surface area (Å²) in [6, 6.07) is 0.131. The number of rotatable bonds is 6. The molecule has 1 amide bonds. The van der Waals surface area contributed by atoms with Crippen molar-refractivity contribution in [2.24, 2.45) is 0 Å². The largest absolute Gasteiger partial charge is 0.444 e. The van der Waals surface area contributed by atoms with Crippen LogP contribution >= 0.6 is 0 Å². The topological polar surface area (TPSA) is 50.4 Å². The van der Waals surface area contributed by atoms with E-state index in [4.69, 9.17) is 4.74 Å². The first-order valence-corrected chi connectivity index (χ1v) is 7.28. The molecule has 0 aromatic heterocycles. The Morgan fingerprint density at radius 2 is 1.90 bits per heavy atom. The van der Waals surface area contributed by atoms with E-state index in [-0.39, 0.29) is 24.5 Å². The van der Waals surface area contributed by atoms with Crippen LogP contribution in [-0.2, 0) is 4.74 Å². The maximum atomic E-state index is 12.0. The second-order valence-corrected chi connectivity index (χ2v) is 6.67. The first kappa shape index (κ1) is 18.1. The Bertz CT molecular complexity index is 353. The molecule has 0 aliphatic heterocycles. The molecule has 1 saturated carbocycles. The molecule has 2 N–H and O–H groups in total. The second-order valence-electron chi connectivity index (χ2n) is 6.67. The molecule has 0 saturated heterocycles. The molecule has 3 atom stereocenters. The van der Waals surface area contributed by atoms with Crippen molar-refractivity contribution in [3.63, 3.8) is 0 Å². The highest BCUT2D eigenvalue weighted by Crippen LogP contribution is 2.25. The van der Waals surface area contributed by atoms with E-state index in [0.717, 1.165) is 6.42 Å². The average molecular weight is 310 g/mol. The van der Waals surface area contributed by atoms with E-state index in [9.17, 15) is 18.0 Å². The van der Waals surface area contributed by atoms with Gasteiger partial charge in [0, 0.05) is 24.5 Å². The van der Waals surface area contributed by atoms with E-state index >= 15 is 0 Å². The van der Waals surface area contributed by atoms with Gasteiger partial charge in [-0.15, -0.1) is 0 Å². The van der Waals surface area contributed by atoms with Gasteiger partial charge in [-0.3, -0.25) is 0 Å². The summed E-state index contributed by atoms with van der Waals surface area (Å²) in [6.45, 7) is 7.23. The number of ether oxygens (including phenoxy) is 1. The highest BCUT2D eigenvalue weighted by Gasteiger charge is 2.39. The summed E-state index contributed by atoms with van der Waals surface area (Å²) in [5, 5.41) is 5.96. The Balaban J connectivity index is 2.14. The fraction of sp³-hybridized carbons (Fsp3) is 0.929. The molecular formula is C14H25F3N2O2. The smallest absolute Gasteiger partial charge is 0.407 e. The lowest BCUT2D eigenvalue weighted by atomic mass is 10.1. The second kappa shape index (κ2) is 6.85. The van der Waals surface area contributed by atoms with Crippen LogP contribution in [0, 0.1) is 0 Å². The van der Waals surface area contributed by atoms with Crippen LogP contribution in [0.4, 0.5) is 18.0 Å². The van der Waals surface area contributed by atoms with Crippen molar-refractivity contribution in [2.45, 2.75) is 83.3 Å². The van der Waals surface area contributed by atoms with Crippen molar-refractivity contribution in [2.75, 3.05) is 0 Å². The van der Waals surface area contributed by atoms with Gasteiger partial charge in [-0.1, -0.05) is 0 Å². The van der Waals surface area contributed by atoms with Gasteiger partial charge < -0.3 is 15.4 Å². The van der Waals surface area contributed by atoms with Crippen LogP contribution in [0.15, 0.2) is 0 Å². The number of alkyl halides is 3. The predicted octanol–water partition coefficient (Wildman–Crippen LogP) is 3.36. The third-order valence-electron chi connectivity index (χ3n) is 3.09. The average Bonchev–Trinajstić information content (AvgIpc) is 2.90. The Labute approximate surface area is 123 Å². The normalized spacial score (nSPS) is 23.6. The molecule has 0 radical (unpaired) electrons. The molecule has 21 heavy (non-hydrogen) atoms. The van der Waals surface area contributed by atoms with Gasteiger partial charge in [-0.05, 0) is 47.0 Å². The number of carbonyl (C=O) groups is 1. The Morgan fingerprint density at radius 3 is 2.43 bits per heavy atom. The fourth-order valence-electron chi connectivity index (χ4n) is 2.06. The molecule has 3 unspecified atom stereocenters. The molecule has 4 nitrogen and oxygen atoms in total. The monoisotopic (exact) mass is 310 g/mol. The zero-order valence-corrected chi connectivity index (χ0v) is 13.0. The Morgan fingerprint density at radius 1 is 1.29 bits per heavy atom. The van der Waals surface area contributed by atoms with Gasteiger partial charge in [0.25, 0.3) is 0 Å². The molecule has 1 rings (SSSR count). The summed E-state index contributed by atoms with van der Waals surface area (Å²) in [7, 11) is 0. The van der Waals surface area contributed by atoms with Crippen LogP contribution in [0.3, 0.4) is 0 Å². The molecule has 1 aliphatic carbocycles. The van der Waals surface area contributed by atoms with Gasteiger partial charge in [0.15, 0.2) is 0 Å². The number of alkyl carbamates (subject to hydrolysis) is 1. The maximum absolute atomic E-state index is 12.0. The summed E-state index contributed by atoms with van der Waals surface area (Å²) in [4.78, 5) is 11.5. The third kappa shape index (κ3) is 8.80. The molecule has 0 bridgehead atoms. The molecule has 0 spiro atoms. The van der Waals surface area contributed by atoms with E-state index in [1.165, 1.54) is 0 Å². The Kier molecular flexibility index (Phi) is 5.90. The molecule has 7 heteroatoms. The quantitative estimate of drug-likeness (QED) is 0.791. The summed E-state index contributed by atoms with van der Waals surface area (Å²) in [5.41, 5.74) is -0.535. The van der Waals surface area contributed by atoms with Crippen LogP contribution in [0.2, 0.25) is 0 Å². The van der Waals surface area contributed by atoms with Crippen molar-refractivity contribution in [1.82, 2.24) is 10.6 Å². The number of halogens is 3. The highest BCUT2D eigenvalue weighted by atomic mass is 19.4. The number of carbonyl (C=O) groups excluding carboxylic acids is 1. The summed E-state index contributed by atoms with van der Waals surface area (Å²) >= 11 is 0. The van der Waals surface area contributed by atoms with E-state index < -0.39 is 24.3 Å². The van der Waals surface area contributed by atoms with Crippen molar-refractivity contribution >= 4 is 6.09 Å². The van der Waals surface area contributed by atoms with Gasteiger partial charge in [0.05, 0.1) is 0 Å². The molecule has 0 aromatic rings. The van der Waals surface area contributed by atoms with Crippen molar-refractivity contribution in [1.29, 1.82) is 0 Å². The maximum Gasteiger partial charge on any atom is 0.407 e. The van der Waals surface area contributed by atoms with Gasteiger partial charge in [0.1, 0.15) is 5.60 Å². The third-order valence-corrected chi connectivity index (χ3v) is 3.09. The zero-order chi connectivity index (χ0) is 16.3. The van der Waals surface area contributed by atoms with Crippen LogP contribution in [-0.4, -0.2) is 36.0 Å². The molecule has 124 valence electrons. The van der Waals surface area contributed by atoms with Gasteiger partial charge >= 0.3 is 12.3 Å². The lowest BCUT2D eigenvalue weighted by Crippen LogP contribution is -2.38. The highest BCUT2D eigenvalue weighted by molar-refractivity contribution is 5.68.